The number of hydrogen-bond donors (Lipinski definition) is 1. The van der Waals surface area contributed by atoms with Gasteiger partial charge in [-0.3, -0.25) is 0 Å². The van der Waals surface area contributed by atoms with E-state index < -0.39 is 5.97 Å². The number of benzene rings is 1. The molecule has 0 saturated heterocycles. The van der Waals surface area contributed by atoms with E-state index in [9.17, 15) is 4.79 Å². The van der Waals surface area contributed by atoms with Crippen LogP contribution in [-0.4, -0.2) is 16.4 Å². The minimum atomic E-state index is -0.914. The normalized spacial score (nSPS) is 10.9. The van der Waals surface area contributed by atoms with E-state index in [1.54, 1.807) is 6.08 Å². The lowest BCUT2D eigenvalue weighted by Gasteiger charge is -2.05. The number of carbonyl (C=O) groups is 1. The molecule has 2 nitrogen and oxygen atoms in total. The van der Waals surface area contributed by atoms with Crippen LogP contribution in [0.1, 0.15) is 23.1 Å². The van der Waals surface area contributed by atoms with Gasteiger partial charge in [-0.25, -0.2) is 4.79 Å². The number of carboxylic acids is 1. The smallest absolute Gasteiger partial charge is 0.328 e. The zero-order valence-electron chi connectivity index (χ0n) is 9.24. The maximum absolute atomic E-state index is 10.4. The summed E-state index contributed by atoms with van der Waals surface area (Å²) >= 11 is 3.41. The maximum atomic E-state index is 10.4. The number of carboxylic acid groups (broad SMARTS) is 1. The zero-order valence-corrected chi connectivity index (χ0v) is 10.8. The van der Waals surface area contributed by atoms with Crippen molar-refractivity contribution in [3.63, 3.8) is 0 Å². The summed E-state index contributed by atoms with van der Waals surface area (Å²) in [5.41, 5.74) is 3.48. The van der Waals surface area contributed by atoms with Crippen molar-refractivity contribution in [3.8, 4) is 0 Å². The van der Waals surface area contributed by atoms with Gasteiger partial charge in [-0.05, 0) is 42.5 Å². The predicted molar refractivity (Wildman–Crippen MR) is 70.0 cm³/mol. The van der Waals surface area contributed by atoms with E-state index in [1.165, 1.54) is 17.2 Å². The van der Waals surface area contributed by atoms with Crippen molar-refractivity contribution in [1.82, 2.24) is 0 Å². The third-order valence-electron chi connectivity index (χ3n) is 2.37. The Hall–Kier alpha value is -1.09. The molecule has 0 aromatic heterocycles. The molecule has 16 heavy (non-hydrogen) atoms. The van der Waals surface area contributed by atoms with Crippen molar-refractivity contribution in [2.24, 2.45) is 0 Å². The van der Waals surface area contributed by atoms with Gasteiger partial charge in [0.25, 0.3) is 0 Å². The summed E-state index contributed by atoms with van der Waals surface area (Å²) in [6.45, 7) is 2.08. The van der Waals surface area contributed by atoms with Gasteiger partial charge in [0.2, 0.25) is 0 Å². The van der Waals surface area contributed by atoms with Gasteiger partial charge >= 0.3 is 5.97 Å². The third-order valence-corrected chi connectivity index (χ3v) is 2.93. The van der Waals surface area contributed by atoms with Crippen LogP contribution in [0.3, 0.4) is 0 Å². The Balaban J connectivity index is 2.84. The summed E-state index contributed by atoms with van der Waals surface area (Å²) in [7, 11) is 0. The molecule has 0 saturated carbocycles. The van der Waals surface area contributed by atoms with Crippen LogP contribution in [0.4, 0.5) is 0 Å². The molecule has 0 heterocycles. The largest absolute Gasteiger partial charge is 0.478 e. The summed E-state index contributed by atoms with van der Waals surface area (Å²) in [6.07, 6.45) is 4.90. The molecule has 3 heteroatoms. The lowest BCUT2D eigenvalue weighted by atomic mass is 10.0. The van der Waals surface area contributed by atoms with Gasteiger partial charge in [0.15, 0.2) is 0 Å². The summed E-state index contributed by atoms with van der Waals surface area (Å²) in [6, 6.07) is 6.02. The van der Waals surface area contributed by atoms with Gasteiger partial charge in [-0.15, -0.1) is 0 Å². The second kappa shape index (κ2) is 6.48. The molecule has 1 rings (SSSR count). The number of rotatable bonds is 5. The topological polar surface area (TPSA) is 37.3 Å². The van der Waals surface area contributed by atoms with Crippen LogP contribution in [0.5, 0.6) is 0 Å². The van der Waals surface area contributed by atoms with Crippen LogP contribution in [-0.2, 0) is 11.2 Å². The summed E-state index contributed by atoms with van der Waals surface area (Å²) < 4.78 is 0. The number of hydrogen-bond acceptors (Lipinski definition) is 1. The molecule has 1 aromatic carbocycles. The molecular weight excluding hydrogens is 268 g/mol. The second-order valence-electron chi connectivity index (χ2n) is 3.65. The highest BCUT2D eigenvalue weighted by Crippen LogP contribution is 2.14. The lowest BCUT2D eigenvalue weighted by Crippen LogP contribution is -1.92. The van der Waals surface area contributed by atoms with Gasteiger partial charge in [-0.2, -0.15) is 0 Å². The molecule has 86 valence electrons. The molecular formula is C13H15BrO2. The van der Waals surface area contributed by atoms with Crippen molar-refractivity contribution in [3.05, 3.63) is 41.0 Å². The first-order valence-corrected chi connectivity index (χ1v) is 6.32. The van der Waals surface area contributed by atoms with E-state index in [2.05, 4.69) is 28.9 Å². The molecule has 0 bridgehead atoms. The zero-order chi connectivity index (χ0) is 12.0. The van der Waals surface area contributed by atoms with Gasteiger partial charge in [0.05, 0.1) is 0 Å². The molecule has 0 aliphatic heterocycles. The standard InChI is InChI=1S/C13H15BrO2/c1-10-4-5-11(6-7-13(15)16)9-12(10)3-2-8-14/h4-7,9H,2-3,8H2,1H3,(H,15,16)/b7-6+. The summed E-state index contributed by atoms with van der Waals surface area (Å²) in [5.74, 6) is -0.914. The fraction of sp³-hybridized carbons (Fsp3) is 0.308. The second-order valence-corrected chi connectivity index (χ2v) is 4.44. The molecule has 0 fully saturated rings. The van der Waals surface area contributed by atoms with Crippen LogP contribution < -0.4 is 0 Å². The van der Waals surface area contributed by atoms with Crippen molar-refractivity contribution >= 4 is 28.0 Å². The molecule has 1 aromatic rings. The first-order chi connectivity index (χ1) is 7.63. The van der Waals surface area contributed by atoms with E-state index >= 15 is 0 Å². The van der Waals surface area contributed by atoms with Gasteiger partial charge in [0.1, 0.15) is 0 Å². The van der Waals surface area contributed by atoms with Crippen molar-refractivity contribution in [1.29, 1.82) is 0 Å². The minimum Gasteiger partial charge on any atom is -0.478 e. The van der Waals surface area contributed by atoms with E-state index in [0.29, 0.717) is 0 Å². The Morgan fingerprint density at radius 3 is 2.88 bits per heavy atom. The first kappa shape index (κ1) is 13.0. The number of alkyl halides is 1. The Kier molecular flexibility index (Phi) is 5.26. The number of aryl methyl sites for hydroxylation is 2. The number of aliphatic carboxylic acids is 1. The first-order valence-electron chi connectivity index (χ1n) is 5.20. The van der Waals surface area contributed by atoms with Crippen molar-refractivity contribution < 1.29 is 9.90 Å². The summed E-state index contributed by atoms with van der Waals surface area (Å²) in [4.78, 5) is 10.4. The molecule has 0 radical (unpaired) electrons. The minimum absolute atomic E-state index is 0.914. The molecule has 0 unspecified atom stereocenters. The molecule has 0 aliphatic rings. The average molecular weight is 283 g/mol. The van der Waals surface area contributed by atoms with Crippen molar-refractivity contribution in [2.75, 3.05) is 5.33 Å². The number of halogens is 1. The Labute approximate surface area is 104 Å². The van der Waals surface area contributed by atoms with Gasteiger partial charge in [0, 0.05) is 11.4 Å². The van der Waals surface area contributed by atoms with Crippen LogP contribution in [0.15, 0.2) is 24.3 Å². The SMILES string of the molecule is Cc1ccc(/C=C/C(=O)O)cc1CCCBr. The Morgan fingerprint density at radius 2 is 2.25 bits per heavy atom. The van der Waals surface area contributed by atoms with E-state index in [4.69, 9.17) is 5.11 Å². The maximum Gasteiger partial charge on any atom is 0.328 e. The third kappa shape index (κ3) is 4.19. The molecule has 1 N–H and O–H groups in total. The van der Waals surface area contributed by atoms with Crippen molar-refractivity contribution in [2.45, 2.75) is 19.8 Å². The van der Waals surface area contributed by atoms with E-state index in [-0.39, 0.29) is 0 Å². The molecule has 0 aliphatic carbocycles. The fourth-order valence-corrected chi connectivity index (χ4v) is 1.77. The van der Waals surface area contributed by atoms with Crippen LogP contribution in [0.2, 0.25) is 0 Å². The highest BCUT2D eigenvalue weighted by atomic mass is 79.9. The fourth-order valence-electron chi connectivity index (χ4n) is 1.49. The molecule has 0 atom stereocenters. The predicted octanol–water partition coefficient (Wildman–Crippen LogP) is 3.42. The van der Waals surface area contributed by atoms with Gasteiger partial charge < -0.3 is 5.11 Å². The van der Waals surface area contributed by atoms with Crippen LogP contribution in [0.25, 0.3) is 6.08 Å². The Morgan fingerprint density at radius 1 is 1.50 bits per heavy atom. The quantitative estimate of drug-likeness (QED) is 0.664. The van der Waals surface area contributed by atoms with E-state index in [0.717, 1.165) is 23.7 Å². The lowest BCUT2D eigenvalue weighted by molar-refractivity contribution is -0.131. The molecule has 0 spiro atoms. The monoisotopic (exact) mass is 282 g/mol. The highest BCUT2D eigenvalue weighted by molar-refractivity contribution is 9.09. The molecule has 0 amide bonds. The van der Waals surface area contributed by atoms with Crippen LogP contribution in [0, 0.1) is 6.92 Å². The average Bonchev–Trinajstić information content (AvgIpc) is 2.26. The summed E-state index contributed by atoms with van der Waals surface area (Å²) in [5, 5.41) is 9.53. The van der Waals surface area contributed by atoms with Crippen LogP contribution >= 0.6 is 15.9 Å². The Bertz CT molecular complexity index is 397. The highest BCUT2D eigenvalue weighted by Gasteiger charge is 1.99. The van der Waals surface area contributed by atoms with Gasteiger partial charge in [-0.1, -0.05) is 34.1 Å². The van der Waals surface area contributed by atoms with E-state index in [1.807, 2.05) is 12.1 Å².